The standard InChI is InChI=1S/C26H36N2O.ClH/c1-3-5-6-10-22-11-8-13-25(24(22)4-2)26(29)28-16-14-21(15-17-28)23-12-7-9-20(18-23)19-27;/h7-9,11-13,18,21H,3-6,10,14-17,19,27H2,1-2H3;1H. The number of benzene rings is 2. The van der Waals surface area contributed by atoms with Crippen LogP contribution in [0.1, 0.15) is 84.5 Å². The van der Waals surface area contributed by atoms with Crippen LogP contribution in [0.25, 0.3) is 0 Å². The van der Waals surface area contributed by atoms with Crippen molar-refractivity contribution >= 4 is 18.3 Å². The quantitative estimate of drug-likeness (QED) is 0.533. The van der Waals surface area contributed by atoms with Crippen molar-refractivity contribution in [2.75, 3.05) is 13.1 Å². The van der Waals surface area contributed by atoms with Crippen LogP contribution in [0.3, 0.4) is 0 Å². The molecule has 0 unspecified atom stereocenters. The van der Waals surface area contributed by atoms with Gasteiger partial charge in [0.1, 0.15) is 0 Å². The molecular weight excluding hydrogens is 392 g/mol. The predicted octanol–water partition coefficient (Wildman–Crippen LogP) is 5.88. The first-order valence-corrected chi connectivity index (χ1v) is 11.4. The van der Waals surface area contributed by atoms with Crippen molar-refractivity contribution in [2.45, 2.75) is 71.3 Å². The summed E-state index contributed by atoms with van der Waals surface area (Å²) in [6.07, 6.45) is 7.73. The van der Waals surface area contributed by atoms with Gasteiger partial charge in [-0.05, 0) is 66.3 Å². The van der Waals surface area contributed by atoms with Crippen LogP contribution in [-0.4, -0.2) is 23.9 Å². The third kappa shape index (κ3) is 5.86. The van der Waals surface area contributed by atoms with Gasteiger partial charge < -0.3 is 10.6 Å². The van der Waals surface area contributed by atoms with Gasteiger partial charge in [0.05, 0.1) is 0 Å². The van der Waals surface area contributed by atoms with Crippen LogP contribution in [0.2, 0.25) is 0 Å². The minimum absolute atomic E-state index is 0. The van der Waals surface area contributed by atoms with Crippen molar-refractivity contribution in [1.29, 1.82) is 0 Å². The fourth-order valence-electron chi connectivity index (χ4n) is 4.61. The van der Waals surface area contributed by atoms with Crippen molar-refractivity contribution in [2.24, 2.45) is 5.73 Å². The second kappa shape index (κ2) is 12.1. The summed E-state index contributed by atoms with van der Waals surface area (Å²) in [5.74, 6) is 0.741. The zero-order valence-electron chi connectivity index (χ0n) is 18.5. The van der Waals surface area contributed by atoms with Gasteiger partial charge >= 0.3 is 0 Å². The maximum Gasteiger partial charge on any atom is 0.254 e. The van der Waals surface area contributed by atoms with Crippen LogP contribution in [0, 0.1) is 0 Å². The summed E-state index contributed by atoms with van der Waals surface area (Å²) in [6.45, 7) is 6.65. The molecule has 4 heteroatoms. The molecule has 0 aliphatic carbocycles. The van der Waals surface area contributed by atoms with Gasteiger partial charge in [-0.3, -0.25) is 4.79 Å². The molecule has 1 heterocycles. The Balaban J connectivity index is 0.00000320. The molecule has 0 atom stereocenters. The fourth-order valence-corrected chi connectivity index (χ4v) is 4.61. The number of hydrogen-bond donors (Lipinski definition) is 1. The van der Waals surface area contributed by atoms with Crippen LogP contribution in [0.15, 0.2) is 42.5 Å². The minimum atomic E-state index is 0. The van der Waals surface area contributed by atoms with Gasteiger partial charge in [-0.1, -0.05) is 63.1 Å². The number of piperidine rings is 1. The Bertz CT molecular complexity index is 812. The summed E-state index contributed by atoms with van der Waals surface area (Å²) in [6, 6.07) is 14.9. The maximum atomic E-state index is 13.3. The van der Waals surface area contributed by atoms with Crippen molar-refractivity contribution in [3.8, 4) is 0 Å². The molecule has 0 bridgehead atoms. The van der Waals surface area contributed by atoms with E-state index in [9.17, 15) is 4.79 Å². The summed E-state index contributed by atoms with van der Waals surface area (Å²) in [4.78, 5) is 15.4. The number of halogens is 1. The number of carbonyl (C=O) groups is 1. The van der Waals surface area contributed by atoms with Gasteiger partial charge in [-0.2, -0.15) is 0 Å². The number of nitrogens with zero attached hydrogens (tertiary/aromatic N) is 1. The zero-order chi connectivity index (χ0) is 20.6. The van der Waals surface area contributed by atoms with E-state index in [-0.39, 0.29) is 18.3 Å². The number of carbonyl (C=O) groups excluding carboxylic acids is 1. The van der Waals surface area contributed by atoms with Gasteiger partial charge in [0.2, 0.25) is 0 Å². The number of aryl methyl sites for hydroxylation is 1. The lowest BCUT2D eigenvalue weighted by Crippen LogP contribution is -2.38. The molecule has 1 amide bonds. The zero-order valence-corrected chi connectivity index (χ0v) is 19.3. The average Bonchev–Trinajstić information content (AvgIpc) is 2.78. The Morgan fingerprint density at radius 3 is 2.47 bits per heavy atom. The Morgan fingerprint density at radius 2 is 1.80 bits per heavy atom. The number of likely N-dealkylation sites (tertiary alicyclic amines) is 1. The molecular formula is C26H37ClN2O. The predicted molar refractivity (Wildman–Crippen MR) is 129 cm³/mol. The molecule has 0 radical (unpaired) electrons. The smallest absolute Gasteiger partial charge is 0.254 e. The first-order chi connectivity index (χ1) is 14.2. The van der Waals surface area contributed by atoms with E-state index in [1.807, 2.05) is 6.07 Å². The number of unbranched alkanes of at least 4 members (excludes halogenated alkanes) is 2. The molecule has 2 aromatic carbocycles. The minimum Gasteiger partial charge on any atom is -0.339 e. The average molecular weight is 429 g/mol. The van der Waals surface area contributed by atoms with E-state index in [1.165, 1.54) is 41.5 Å². The molecule has 2 N–H and O–H groups in total. The van der Waals surface area contributed by atoms with E-state index in [0.29, 0.717) is 12.5 Å². The van der Waals surface area contributed by atoms with Crippen LogP contribution >= 0.6 is 12.4 Å². The highest BCUT2D eigenvalue weighted by Gasteiger charge is 2.26. The molecule has 2 aromatic rings. The third-order valence-electron chi connectivity index (χ3n) is 6.35. The molecule has 164 valence electrons. The van der Waals surface area contributed by atoms with Gasteiger partial charge in [-0.25, -0.2) is 0 Å². The lowest BCUT2D eigenvalue weighted by molar-refractivity contribution is 0.0711. The molecule has 0 saturated carbocycles. The summed E-state index contributed by atoms with van der Waals surface area (Å²) in [5, 5.41) is 0. The molecule has 30 heavy (non-hydrogen) atoms. The molecule has 3 nitrogen and oxygen atoms in total. The van der Waals surface area contributed by atoms with E-state index in [0.717, 1.165) is 44.3 Å². The molecule has 0 aromatic heterocycles. The molecule has 1 saturated heterocycles. The monoisotopic (exact) mass is 428 g/mol. The van der Waals surface area contributed by atoms with Gasteiger partial charge in [0.15, 0.2) is 0 Å². The summed E-state index contributed by atoms with van der Waals surface area (Å²) in [5.41, 5.74) is 11.9. The van der Waals surface area contributed by atoms with E-state index in [1.54, 1.807) is 0 Å². The van der Waals surface area contributed by atoms with E-state index in [2.05, 4.69) is 55.1 Å². The molecule has 1 fully saturated rings. The maximum absolute atomic E-state index is 13.3. The summed E-state index contributed by atoms with van der Waals surface area (Å²) in [7, 11) is 0. The van der Waals surface area contributed by atoms with E-state index in [4.69, 9.17) is 5.73 Å². The molecule has 3 rings (SSSR count). The normalized spacial score (nSPS) is 14.4. The Hall–Kier alpha value is -1.84. The number of rotatable bonds is 8. The highest BCUT2D eigenvalue weighted by atomic mass is 35.5. The van der Waals surface area contributed by atoms with E-state index < -0.39 is 0 Å². The summed E-state index contributed by atoms with van der Waals surface area (Å²) >= 11 is 0. The van der Waals surface area contributed by atoms with E-state index >= 15 is 0 Å². The Morgan fingerprint density at radius 1 is 1.07 bits per heavy atom. The number of amides is 1. The number of hydrogen-bond acceptors (Lipinski definition) is 2. The van der Waals surface area contributed by atoms with Crippen molar-refractivity contribution in [1.82, 2.24) is 4.90 Å². The summed E-state index contributed by atoms with van der Waals surface area (Å²) < 4.78 is 0. The Kier molecular flexibility index (Phi) is 9.87. The van der Waals surface area contributed by atoms with Gasteiger partial charge in [0, 0.05) is 25.2 Å². The van der Waals surface area contributed by atoms with Crippen LogP contribution < -0.4 is 5.73 Å². The lowest BCUT2D eigenvalue weighted by atomic mass is 9.88. The first kappa shape index (κ1) is 24.4. The molecule has 1 aliphatic heterocycles. The van der Waals surface area contributed by atoms with Crippen molar-refractivity contribution < 1.29 is 4.79 Å². The van der Waals surface area contributed by atoms with Crippen molar-refractivity contribution in [3.63, 3.8) is 0 Å². The highest BCUT2D eigenvalue weighted by molar-refractivity contribution is 5.96. The van der Waals surface area contributed by atoms with Gasteiger partial charge in [0.25, 0.3) is 5.91 Å². The molecule has 0 spiro atoms. The highest BCUT2D eigenvalue weighted by Crippen LogP contribution is 2.30. The number of nitrogens with two attached hydrogens (primary N) is 1. The topological polar surface area (TPSA) is 46.3 Å². The third-order valence-corrected chi connectivity index (χ3v) is 6.35. The Labute approximate surface area is 188 Å². The SMILES string of the molecule is CCCCCc1cccc(C(=O)N2CCC(c3cccc(CN)c3)CC2)c1CC.Cl. The second-order valence-electron chi connectivity index (χ2n) is 8.27. The van der Waals surface area contributed by atoms with Crippen LogP contribution in [0.5, 0.6) is 0 Å². The van der Waals surface area contributed by atoms with Crippen LogP contribution in [0.4, 0.5) is 0 Å². The largest absolute Gasteiger partial charge is 0.339 e. The molecule has 1 aliphatic rings. The van der Waals surface area contributed by atoms with Crippen molar-refractivity contribution in [3.05, 3.63) is 70.3 Å². The van der Waals surface area contributed by atoms with Crippen LogP contribution in [-0.2, 0) is 19.4 Å². The van der Waals surface area contributed by atoms with Gasteiger partial charge in [-0.15, -0.1) is 12.4 Å². The second-order valence-corrected chi connectivity index (χ2v) is 8.27. The fraction of sp³-hybridized carbons (Fsp3) is 0.500. The lowest BCUT2D eigenvalue weighted by Gasteiger charge is -2.33. The first-order valence-electron chi connectivity index (χ1n) is 11.4.